The summed E-state index contributed by atoms with van der Waals surface area (Å²) >= 11 is 3.24. The van der Waals surface area contributed by atoms with Crippen molar-refractivity contribution >= 4 is 33.0 Å². The predicted molar refractivity (Wildman–Crippen MR) is 58.9 cm³/mol. The third-order valence-corrected chi connectivity index (χ3v) is 2.98. The fourth-order valence-corrected chi connectivity index (χ4v) is 1.94. The first kappa shape index (κ1) is 11.0. The van der Waals surface area contributed by atoms with Crippen LogP contribution in [0.3, 0.4) is 0 Å². The van der Waals surface area contributed by atoms with Gasteiger partial charge < -0.3 is 15.2 Å². The van der Waals surface area contributed by atoms with E-state index in [2.05, 4.69) is 31.2 Å². The molecular weight excluding hydrogens is 278 g/mol. The van der Waals surface area contributed by atoms with E-state index in [-0.39, 0.29) is 11.1 Å². The molecule has 2 aliphatic heterocycles. The van der Waals surface area contributed by atoms with Crippen molar-refractivity contribution in [1.82, 2.24) is 5.32 Å². The molecule has 0 aromatic rings. The summed E-state index contributed by atoms with van der Waals surface area (Å²) in [6.45, 7) is 0.0316. The summed E-state index contributed by atoms with van der Waals surface area (Å²) in [5.41, 5.74) is 1.12. The molecule has 84 valence electrons. The van der Waals surface area contributed by atoms with Crippen molar-refractivity contribution < 1.29 is 14.5 Å². The third kappa shape index (κ3) is 1.66. The van der Waals surface area contributed by atoms with Crippen LogP contribution in [-0.2, 0) is 0 Å². The number of hydrogen-bond acceptors (Lipinski definition) is 5. The Bertz CT molecular complexity index is 467. The lowest BCUT2D eigenvalue weighted by Gasteiger charge is -2.23. The van der Waals surface area contributed by atoms with E-state index in [9.17, 15) is 9.90 Å². The van der Waals surface area contributed by atoms with Crippen molar-refractivity contribution in [2.45, 2.75) is 0 Å². The summed E-state index contributed by atoms with van der Waals surface area (Å²) in [7, 11) is 0. The van der Waals surface area contributed by atoms with Gasteiger partial charge >= 0.3 is 4.74 Å². The molecular formula is C8H8BrN5O2. The standard InChI is InChI=1S/C8H8BrN5O2/c9-7-13-5(3-12-8(15)16)6-4-11-1-2-14(6,7)10/h1-2,4,12H,3,10H2. The maximum absolute atomic E-state index is 10.3. The van der Waals surface area contributed by atoms with E-state index in [1.807, 2.05) is 0 Å². The lowest BCUT2D eigenvalue weighted by molar-refractivity contribution is -0.746. The number of fused-ring (bicyclic) bond motifs is 1. The topological polar surface area (TPSA) is 103 Å². The van der Waals surface area contributed by atoms with Crippen molar-refractivity contribution in [1.29, 1.82) is 0 Å². The number of quaternary nitrogens is 1. The van der Waals surface area contributed by atoms with Crippen molar-refractivity contribution in [3.8, 4) is 0 Å². The first-order valence-corrected chi connectivity index (χ1v) is 5.15. The molecule has 0 fully saturated rings. The van der Waals surface area contributed by atoms with Gasteiger partial charge in [0.2, 0.25) is 5.70 Å². The monoisotopic (exact) mass is 285 g/mol. The Morgan fingerprint density at radius 1 is 1.69 bits per heavy atom. The van der Waals surface area contributed by atoms with Gasteiger partial charge in [0, 0.05) is 15.9 Å². The molecule has 0 spiro atoms. The number of nitrogens with zero attached hydrogens (tertiary/aromatic N) is 3. The number of nitrogens with two attached hydrogens (primary N) is 1. The van der Waals surface area contributed by atoms with E-state index in [1.165, 1.54) is 0 Å². The normalized spacial score (nSPS) is 26.8. The van der Waals surface area contributed by atoms with E-state index < -0.39 is 6.09 Å². The van der Waals surface area contributed by atoms with Gasteiger partial charge in [-0.05, 0) is 0 Å². The lowest BCUT2D eigenvalue weighted by atomic mass is 10.3. The Kier molecular flexibility index (Phi) is 2.62. The van der Waals surface area contributed by atoms with Crippen LogP contribution in [0.4, 0.5) is 4.79 Å². The van der Waals surface area contributed by atoms with E-state index in [4.69, 9.17) is 5.84 Å². The number of amides is 1. The number of rotatable bonds is 2. The van der Waals surface area contributed by atoms with Crippen LogP contribution in [0.5, 0.6) is 0 Å². The highest BCUT2D eigenvalue weighted by Crippen LogP contribution is 2.29. The molecule has 0 bridgehead atoms. The second-order valence-corrected chi connectivity index (χ2v) is 3.92. The number of halogens is 1. The number of carboxylic acid groups (broad SMARTS) is 1. The van der Waals surface area contributed by atoms with Gasteiger partial charge in [-0.15, -0.1) is 4.59 Å². The van der Waals surface area contributed by atoms with Crippen LogP contribution < -0.4 is 16.3 Å². The number of allylic oxidation sites excluding steroid dienone is 1. The number of carbonyl (C=O) groups excluding carboxylic acids is 1. The van der Waals surface area contributed by atoms with Gasteiger partial charge in [0.05, 0.1) is 19.0 Å². The van der Waals surface area contributed by atoms with Crippen molar-refractivity contribution in [3.05, 3.63) is 23.8 Å². The van der Waals surface area contributed by atoms with Crippen LogP contribution in [0.15, 0.2) is 33.8 Å². The third-order valence-electron chi connectivity index (χ3n) is 2.21. The largest absolute Gasteiger partial charge is 0.530 e. The van der Waals surface area contributed by atoms with Crippen molar-refractivity contribution in [2.75, 3.05) is 6.54 Å². The summed E-state index contributed by atoms with van der Waals surface area (Å²) in [6.07, 6.45) is 3.37. The molecule has 2 rings (SSSR count). The average molecular weight is 286 g/mol. The van der Waals surface area contributed by atoms with Crippen LogP contribution in [0.25, 0.3) is 0 Å². The molecule has 0 saturated heterocycles. The number of amidine groups is 1. The molecule has 16 heavy (non-hydrogen) atoms. The Hall–Kier alpha value is -1.51. The SMILES string of the molecule is N[N+]12C=CN=CC1=C(CNC(=O)[O-])N=C2Br. The maximum atomic E-state index is 10.3. The first-order valence-electron chi connectivity index (χ1n) is 4.35. The zero-order chi connectivity index (χ0) is 11.8. The number of nitrogens with one attached hydrogen (secondary N) is 1. The lowest BCUT2D eigenvalue weighted by Crippen LogP contribution is -2.50. The Labute approximate surface area is 99.3 Å². The van der Waals surface area contributed by atoms with Crippen molar-refractivity contribution in [2.24, 2.45) is 15.8 Å². The van der Waals surface area contributed by atoms with Crippen LogP contribution in [0.1, 0.15) is 0 Å². The second-order valence-electron chi connectivity index (χ2n) is 3.21. The summed E-state index contributed by atoms with van der Waals surface area (Å²) in [4.78, 5) is 18.4. The van der Waals surface area contributed by atoms with Crippen LogP contribution in [0.2, 0.25) is 0 Å². The van der Waals surface area contributed by atoms with Crippen LogP contribution in [-0.4, -0.2) is 28.2 Å². The highest BCUT2D eigenvalue weighted by molar-refractivity contribution is 9.18. The first-order chi connectivity index (χ1) is 7.54. The number of aliphatic imine (C=N–C) groups is 2. The van der Waals surface area contributed by atoms with Gasteiger partial charge in [-0.2, -0.15) is 10.8 Å². The molecule has 2 aliphatic rings. The fraction of sp³-hybridized carbons (Fsp3) is 0.125. The maximum Gasteiger partial charge on any atom is 0.301 e. The molecule has 1 amide bonds. The summed E-state index contributed by atoms with van der Waals surface area (Å²) in [5, 5.41) is 12.4. The summed E-state index contributed by atoms with van der Waals surface area (Å²) in [5.74, 6) is 6.04. The van der Waals surface area contributed by atoms with Gasteiger partial charge in [-0.1, -0.05) is 0 Å². The number of carbonyl (C=O) groups is 1. The molecule has 0 radical (unpaired) electrons. The molecule has 2 heterocycles. The van der Waals surface area contributed by atoms with Gasteiger partial charge in [0.1, 0.15) is 18.0 Å². The summed E-state index contributed by atoms with van der Waals surface area (Å²) in [6, 6.07) is 0. The van der Waals surface area contributed by atoms with Crippen molar-refractivity contribution in [3.63, 3.8) is 0 Å². The van der Waals surface area contributed by atoms with Gasteiger partial charge in [0.15, 0.2) is 0 Å². The molecule has 0 aromatic carbocycles. The molecule has 3 N–H and O–H groups in total. The average Bonchev–Trinajstić information content (AvgIpc) is 2.49. The zero-order valence-electron chi connectivity index (χ0n) is 8.05. The highest BCUT2D eigenvalue weighted by Gasteiger charge is 2.41. The van der Waals surface area contributed by atoms with E-state index in [1.54, 1.807) is 18.6 Å². The minimum absolute atomic E-state index is 0.0316. The Morgan fingerprint density at radius 2 is 2.44 bits per heavy atom. The number of hydrogen-bond donors (Lipinski definition) is 2. The minimum atomic E-state index is -1.36. The molecule has 0 saturated carbocycles. The smallest absolute Gasteiger partial charge is 0.301 e. The fourth-order valence-electron chi connectivity index (χ4n) is 1.42. The molecule has 1 unspecified atom stereocenters. The molecule has 8 heteroatoms. The highest BCUT2D eigenvalue weighted by atomic mass is 79.9. The molecule has 7 nitrogen and oxygen atoms in total. The van der Waals surface area contributed by atoms with Crippen LogP contribution >= 0.6 is 15.9 Å². The van der Waals surface area contributed by atoms with E-state index >= 15 is 0 Å². The van der Waals surface area contributed by atoms with E-state index in [0.717, 1.165) is 0 Å². The second kappa shape index (κ2) is 3.81. The predicted octanol–water partition coefficient (Wildman–Crippen LogP) is -0.858. The Balaban J connectivity index is 2.30. The Morgan fingerprint density at radius 3 is 3.12 bits per heavy atom. The minimum Gasteiger partial charge on any atom is -0.530 e. The quantitative estimate of drug-likeness (QED) is 0.392. The van der Waals surface area contributed by atoms with Crippen LogP contribution in [0, 0.1) is 0 Å². The van der Waals surface area contributed by atoms with Gasteiger partial charge in [-0.25, -0.2) is 0 Å². The zero-order valence-corrected chi connectivity index (χ0v) is 9.64. The summed E-state index contributed by atoms with van der Waals surface area (Å²) < 4.78 is 0.341. The molecule has 1 atom stereocenters. The van der Waals surface area contributed by atoms with Gasteiger partial charge in [0.25, 0.3) is 0 Å². The molecule has 0 aromatic heterocycles. The van der Waals surface area contributed by atoms with Gasteiger partial charge in [-0.3, -0.25) is 4.99 Å². The van der Waals surface area contributed by atoms with E-state index in [0.29, 0.717) is 16.1 Å². The molecule has 0 aliphatic carbocycles.